The second-order valence-electron chi connectivity index (χ2n) is 5.37. The van der Waals surface area contributed by atoms with Crippen LogP contribution in [0.2, 0.25) is 0 Å². The predicted molar refractivity (Wildman–Crippen MR) is 71.1 cm³/mol. The van der Waals surface area contributed by atoms with E-state index in [9.17, 15) is 4.79 Å². The van der Waals surface area contributed by atoms with Crippen molar-refractivity contribution in [2.24, 2.45) is 0 Å². The molecule has 0 spiro atoms. The van der Waals surface area contributed by atoms with Gasteiger partial charge in [0.25, 0.3) is 6.47 Å². The Hall–Kier alpha value is -0.610. The summed E-state index contributed by atoms with van der Waals surface area (Å²) >= 11 is 0. The summed E-state index contributed by atoms with van der Waals surface area (Å²) in [6.45, 7) is 15.3. The molecular weight excluding hydrogens is 216 g/mol. The minimum absolute atomic E-state index is 0.318. The smallest absolute Gasteiger partial charge is 0.293 e. The molecular formula is C13H28N2O2. The standard InChI is InChI=1S/C8H18N2.C5H10O2/c1-3-8(2)10-6-4-9-5-7-10;1-5(2,3)7-4-6/h8-9H,3-7H2,1-2H3;4H,1-3H3. The summed E-state index contributed by atoms with van der Waals surface area (Å²) in [5.74, 6) is 0. The Bertz CT molecular complexity index is 196. The van der Waals surface area contributed by atoms with Crippen LogP contribution >= 0.6 is 0 Å². The van der Waals surface area contributed by atoms with E-state index in [2.05, 4.69) is 28.8 Å². The van der Waals surface area contributed by atoms with Crippen LogP contribution in [0.4, 0.5) is 0 Å². The number of piperazine rings is 1. The van der Waals surface area contributed by atoms with Gasteiger partial charge in [-0.05, 0) is 34.1 Å². The lowest BCUT2D eigenvalue weighted by Crippen LogP contribution is -2.47. The van der Waals surface area contributed by atoms with Crippen LogP contribution in [0.5, 0.6) is 0 Å². The van der Waals surface area contributed by atoms with E-state index in [0.29, 0.717) is 6.47 Å². The van der Waals surface area contributed by atoms with Gasteiger partial charge in [-0.3, -0.25) is 9.69 Å². The zero-order valence-corrected chi connectivity index (χ0v) is 12.0. The molecule has 1 heterocycles. The highest BCUT2D eigenvalue weighted by atomic mass is 16.5. The minimum atomic E-state index is -0.318. The van der Waals surface area contributed by atoms with Gasteiger partial charge in [-0.2, -0.15) is 0 Å². The molecule has 0 saturated carbocycles. The van der Waals surface area contributed by atoms with E-state index in [1.54, 1.807) is 0 Å². The summed E-state index contributed by atoms with van der Waals surface area (Å²) in [4.78, 5) is 12.2. The van der Waals surface area contributed by atoms with Crippen molar-refractivity contribution in [1.82, 2.24) is 10.2 Å². The van der Waals surface area contributed by atoms with Gasteiger partial charge in [0.2, 0.25) is 0 Å². The summed E-state index contributed by atoms with van der Waals surface area (Å²) < 4.78 is 4.55. The van der Waals surface area contributed by atoms with Crippen molar-refractivity contribution in [2.45, 2.75) is 52.7 Å². The summed E-state index contributed by atoms with van der Waals surface area (Å²) in [7, 11) is 0. The lowest BCUT2D eigenvalue weighted by Gasteiger charge is -2.32. The number of hydrogen-bond acceptors (Lipinski definition) is 4. The van der Waals surface area contributed by atoms with Crippen LogP contribution in [-0.2, 0) is 9.53 Å². The van der Waals surface area contributed by atoms with Crippen molar-refractivity contribution in [3.8, 4) is 0 Å². The largest absolute Gasteiger partial charge is 0.462 e. The molecule has 1 saturated heterocycles. The number of carbonyl (C=O) groups is 1. The van der Waals surface area contributed by atoms with E-state index in [1.165, 1.54) is 32.6 Å². The summed E-state index contributed by atoms with van der Waals surface area (Å²) in [6, 6.07) is 0.780. The zero-order valence-electron chi connectivity index (χ0n) is 12.0. The third-order valence-electron chi connectivity index (χ3n) is 2.77. The third-order valence-corrected chi connectivity index (χ3v) is 2.77. The molecule has 1 N–H and O–H groups in total. The molecule has 102 valence electrons. The predicted octanol–water partition coefficient (Wildman–Crippen LogP) is 1.65. The van der Waals surface area contributed by atoms with E-state index < -0.39 is 0 Å². The maximum Gasteiger partial charge on any atom is 0.293 e. The molecule has 0 radical (unpaired) electrons. The number of nitrogens with zero attached hydrogens (tertiary/aromatic N) is 1. The van der Waals surface area contributed by atoms with Gasteiger partial charge in [0.05, 0.1) is 0 Å². The molecule has 1 atom stereocenters. The van der Waals surface area contributed by atoms with E-state index in [0.717, 1.165) is 6.04 Å². The summed E-state index contributed by atoms with van der Waals surface area (Å²) in [6.07, 6.45) is 1.28. The van der Waals surface area contributed by atoms with Gasteiger partial charge < -0.3 is 10.1 Å². The number of nitrogens with one attached hydrogen (secondary N) is 1. The highest BCUT2D eigenvalue weighted by Crippen LogP contribution is 2.03. The van der Waals surface area contributed by atoms with E-state index in [4.69, 9.17) is 0 Å². The molecule has 0 aromatic carbocycles. The Labute approximate surface area is 106 Å². The molecule has 4 nitrogen and oxygen atoms in total. The minimum Gasteiger partial charge on any atom is -0.462 e. The first kappa shape index (κ1) is 16.4. The van der Waals surface area contributed by atoms with Crippen LogP contribution < -0.4 is 5.32 Å². The quantitative estimate of drug-likeness (QED) is 0.767. The van der Waals surface area contributed by atoms with Gasteiger partial charge in [0.1, 0.15) is 5.60 Å². The topological polar surface area (TPSA) is 41.6 Å². The fourth-order valence-electron chi connectivity index (χ4n) is 1.53. The number of hydrogen-bond donors (Lipinski definition) is 1. The van der Waals surface area contributed by atoms with Gasteiger partial charge in [-0.15, -0.1) is 0 Å². The first-order chi connectivity index (χ1) is 7.90. The lowest BCUT2D eigenvalue weighted by atomic mass is 10.2. The van der Waals surface area contributed by atoms with Crippen LogP contribution in [0.15, 0.2) is 0 Å². The molecule has 0 bridgehead atoms. The molecule has 0 aromatic rings. The van der Waals surface area contributed by atoms with Crippen LogP contribution in [0.25, 0.3) is 0 Å². The number of carbonyl (C=O) groups excluding carboxylic acids is 1. The average Bonchev–Trinajstić information content (AvgIpc) is 2.28. The van der Waals surface area contributed by atoms with Crippen LogP contribution in [0.1, 0.15) is 41.0 Å². The molecule has 1 rings (SSSR count). The Morgan fingerprint density at radius 3 is 2.18 bits per heavy atom. The van der Waals surface area contributed by atoms with Crippen molar-refractivity contribution in [3.63, 3.8) is 0 Å². The molecule has 1 fully saturated rings. The second kappa shape index (κ2) is 8.48. The Morgan fingerprint density at radius 1 is 1.35 bits per heavy atom. The molecule has 1 aliphatic heterocycles. The van der Waals surface area contributed by atoms with E-state index >= 15 is 0 Å². The van der Waals surface area contributed by atoms with Gasteiger partial charge in [0, 0.05) is 32.2 Å². The van der Waals surface area contributed by atoms with Crippen molar-refractivity contribution in [1.29, 1.82) is 0 Å². The Kier molecular flexibility index (Phi) is 8.17. The van der Waals surface area contributed by atoms with Gasteiger partial charge >= 0.3 is 0 Å². The lowest BCUT2D eigenvalue weighted by molar-refractivity contribution is -0.138. The zero-order chi connectivity index (χ0) is 13.3. The molecule has 4 heteroatoms. The summed E-state index contributed by atoms with van der Waals surface area (Å²) in [5, 5.41) is 3.35. The van der Waals surface area contributed by atoms with E-state index in [1.807, 2.05) is 20.8 Å². The van der Waals surface area contributed by atoms with Gasteiger partial charge in [-0.25, -0.2) is 0 Å². The highest BCUT2D eigenvalue weighted by Gasteiger charge is 2.13. The van der Waals surface area contributed by atoms with Gasteiger partial charge in [0.15, 0.2) is 0 Å². The monoisotopic (exact) mass is 244 g/mol. The number of ether oxygens (including phenoxy) is 1. The normalized spacial score (nSPS) is 18.9. The third kappa shape index (κ3) is 9.12. The molecule has 0 aliphatic carbocycles. The van der Waals surface area contributed by atoms with Crippen molar-refractivity contribution in [2.75, 3.05) is 26.2 Å². The average molecular weight is 244 g/mol. The maximum atomic E-state index is 9.60. The van der Waals surface area contributed by atoms with Crippen LogP contribution in [0, 0.1) is 0 Å². The number of rotatable bonds is 3. The Morgan fingerprint density at radius 2 is 1.88 bits per heavy atom. The fourth-order valence-corrected chi connectivity index (χ4v) is 1.53. The molecule has 0 aromatic heterocycles. The fraction of sp³-hybridized carbons (Fsp3) is 0.923. The highest BCUT2D eigenvalue weighted by molar-refractivity contribution is 5.37. The molecule has 1 aliphatic rings. The molecule has 17 heavy (non-hydrogen) atoms. The SMILES string of the molecule is CC(C)(C)OC=O.CCC(C)N1CCNCC1. The van der Waals surface area contributed by atoms with E-state index in [-0.39, 0.29) is 5.60 Å². The second-order valence-corrected chi connectivity index (χ2v) is 5.37. The first-order valence-corrected chi connectivity index (χ1v) is 6.47. The van der Waals surface area contributed by atoms with Crippen molar-refractivity contribution in [3.05, 3.63) is 0 Å². The van der Waals surface area contributed by atoms with Crippen LogP contribution in [0.3, 0.4) is 0 Å². The van der Waals surface area contributed by atoms with Crippen molar-refractivity contribution < 1.29 is 9.53 Å². The first-order valence-electron chi connectivity index (χ1n) is 6.47. The summed E-state index contributed by atoms with van der Waals surface area (Å²) in [5.41, 5.74) is -0.318. The Balaban J connectivity index is 0.000000325. The van der Waals surface area contributed by atoms with Gasteiger partial charge in [-0.1, -0.05) is 6.92 Å². The van der Waals surface area contributed by atoms with Crippen molar-refractivity contribution >= 4 is 6.47 Å². The van der Waals surface area contributed by atoms with Crippen LogP contribution in [-0.4, -0.2) is 49.2 Å². The molecule has 0 amide bonds. The molecule has 1 unspecified atom stereocenters. The maximum absolute atomic E-state index is 9.60.